The Bertz CT molecular complexity index is 890. The van der Waals surface area contributed by atoms with Crippen molar-refractivity contribution in [3.8, 4) is 11.5 Å². The molecule has 0 N–H and O–H groups in total. The zero-order chi connectivity index (χ0) is 19.1. The third-order valence-electron chi connectivity index (χ3n) is 3.46. The highest BCUT2D eigenvalue weighted by molar-refractivity contribution is 8.54. The third-order valence-corrected chi connectivity index (χ3v) is 6.89. The molecule has 0 heterocycles. The van der Waals surface area contributed by atoms with Crippen molar-refractivity contribution in [1.82, 2.24) is 0 Å². The van der Waals surface area contributed by atoms with E-state index < -0.39 is 11.7 Å². The van der Waals surface area contributed by atoms with Gasteiger partial charge >= 0.3 is 6.80 Å². The highest BCUT2D eigenvalue weighted by Crippen LogP contribution is 2.60. The van der Waals surface area contributed by atoms with Gasteiger partial charge in [-0.25, -0.2) is 4.57 Å². The van der Waals surface area contributed by atoms with Crippen LogP contribution in [0.5, 0.6) is 11.5 Å². The number of benzene rings is 3. The molecule has 0 amide bonds. The van der Waals surface area contributed by atoms with E-state index in [1.165, 1.54) is 12.1 Å². The van der Waals surface area contributed by atoms with E-state index in [2.05, 4.69) is 0 Å². The molecule has 0 saturated carbocycles. The molecule has 8 heteroatoms. The third kappa shape index (κ3) is 5.61. The summed E-state index contributed by atoms with van der Waals surface area (Å²) in [5, 5.41) is 10.8. The average Bonchev–Trinajstić information content (AvgIpc) is 2.68. The number of hydrogen-bond donors (Lipinski definition) is 0. The van der Waals surface area contributed by atoms with E-state index >= 15 is 0 Å². The van der Waals surface area contributed by atoms with Gasteiger partial charge in [-0.2, -0.15) is 0 Å². The molecule has 3 aromatic carbocycles. The van der Waals surface area contributed by atoms with E-state index in [4.69, 9.17) is 9.05 Å². The maximum atomic E-state index is 13.3. The van der Waals surface area contributed by atoms with Gasteiger partial charge in [0, 0.05) is 17.9 Å². The van der Waals surface area contributed by atoms with Crippen LogP contribution < -0.4 is 9.05 Å². The number of nitro benzene ring substituents is 1. The molecule has 27 heavy (non-hydrogen) atoms. The molecular weight excluding hydrogens is 385 g/mol. The van der Waals surface area contributed by atoms with E-state index in [1.54, 1.807) is 60.7 Å². The molecule has 0 saturated heterocycles. The Morgan fingerprint density at radius 3 is 1.74 bits per heavy atom. The first kappa shape index (κ1) is 19.0. The van der Waals surface area contributed by atoms with Gasteiger partial charge in [0.15, 0.2) is 0 Å². The van der Waals surface area contributed by atoms with Crippen molar-refractivity contribution < 1.29 is 18.5 Å². The van der Waals surface area contributed by atoms with Crippen LogP contribution in [0.1, 0.15) is 5.56 Å². The van der Waals surface area contributed by atoms with Crippen LogP contribution in [-0.2, 0) is 10.3 Å². The average molecular weight is 401 g/mol. The molecule has 3 rings (SSSR count). The van der Waals surface area contributed by atoms with Crippen molar-refractivity contribution in [3.63, 3.8) is 0 Å². The van der Waals surface area contributed by atoms with E-state index in [1.807, 2.05) is 12.1 Å². The Hall–Kier alpha value is -2.76. The van der Waals surface area contributed by atoms with Crippen molar-refractivity contribution in [2.75, 3.05) is 0 Å². The fourth-order valence-electron chi connectivity index (χ4n) is 2.16. The molecule has 138 valence electrons. The van der Waals surface area contributed by atoms with Crippen molar-refractivity contribution in [3.05, 3.63) is 101 Å². The van der Waals surface area contributed by atoms with Crippen LogP contribution in [0, 0.1) is 10.1 Å². The number of para-hydroxylation sites is 2. The summed E-state index contributed by atoms with van der Waals surface area (Å²) >= 11 is 1.02. The molecule has 0 atom stereocenters. The topological polar surface area (TPSA) is 78.7 Å². The quantitative estimate of drug-likeness (QED) is 0.258. The summed E-state index contributed by atoms with van der Waals surface area (Å²) in [6.45, 7) is -3.58. The fourth-order valence-corrected chi connectivity index (χ4v) is 5.32. The van der Waals surface area contributed by atoms with E-state index in [0.717, 1.165) is 16.9 Å². The van der Waals surface area contributed by atoms with Gasteiger partial charge in [0.1, 0.15) is 11.5 Å². The predicted molar refractivity (Wildman–Crippen MR) is 106 cm³/mol. The van der Waals surface area contributed by atoms with E-state index in [9.17, 15) is 14.7 Å². The number of rotatable bonds is 8. The minimum absolute atomic E-state index is 0.00741. The molecule has 6 nitrogen and oxygen atoms in total. The highest BCUT2D eigenvalue weighted by Gasteiger charge is 2.29. The lowest BCUT2D eigenvalue weighted by Crippen LogP contribution is -1.98. The predicted octanol–water partition coefficient (Wildman–Crippen LogP) is 6.09. The largest absolute Gasteiger partial charge is 0.493 e. The monoisotopic (exact) mass is 401 g/mol. The normalized spacial score (nSPS) is 11.0. The van der Waals surface area contributed by atoms with Gasteiger partial charge in [-0.1, -0.05) is 48.5 Å². The molecule has 0 fully saturated rings. The summed E-state index contributed by atoms with van der Waals surface area (Å²) in [5.74, 6) is 1.19. The standard InChI is InChI=1S/C19H16NO5PS/c21-20(22)17-13-11-16(12-14-17)15-27-26(23,24-18-7-3-1-4-8-18)25-19-9-5-2-6-10-19/h1-14H,15H2. The molecule has 0 bridgehead atoms. The molecule has 0 aliphatic carbocycles. The first-order valence-corrected chi connectivity index (χ1v) is 11.1. The summed E-state index contributed by atoms with van der Waals surface area (Å²) < 4.78 is 24.7. The zero-order valence-corrected chi connectivity index (χ0v) is 15.8. The van der Waals surface area contributed by atoms with Crippen LogP contribution in [-0.4, -0.2) is 4.92 Å². The Morgan fingerprint density at radius 2 is 1.30 bits per heavy atom. The molecule has 0 radical (unpaired) electrons. The zero-order valence-electron chi connectivity index (χ0n) is 14.1. The first-order chi connectivity index (χ1) is 13.0. The SMILES string of the molecule is O=[N+]([O-])c1ccc(CSP(=O)(Oc2ccccc2)Oc2ccccc2)cc1. The molecular formula is C19H16NO5PS. The fraction of sp³-hybridized carbons (Fsp3) is 0.0526. The molecule has 0 unspecified atom stereocenters. The van der Waals surface area contributed by atoms with Crippen LogP contribution in [0.2, 0.25) is 0 Å². The summed E-state index contributed by atoms with van der Waals surface area (Å²) in [6, 6.07) is 23.7. The minimum Gasteiger partial charge on any atom is -0.408 e. The van der Waals surface area contributed by atoms with Gasteiger partial charge in [0.2, 0.25) is 0 Å². The number of non-ortho nitro benzene ring substituents is 1. The van der Waals surface area contributed by atoms with Gasteiger partial charge < -0.3 is 9.05 Å². The minimum atomic E-state index is -3.58. The second-order valence-electron chi connectivity index (χ2n) is 5.45. The summed E-state index contributed by atoms with van der Waals surface area (Å²) in [6.07, 6.45) is 0. The molecule has 0 aromatic heterocycles. The van der Waals surface area contributed by atoms with Crippen LogP contribution in [0.4, 0.5) is 5.69 Å². The van der Waals surface area contributed by atoms with Crippen molar-refractivity contribution >= 4 is 23.9 Å². The van der Waals surface area contributed by atoms with Crippen molar-refractivity contribution in [2.24, 2.45) is 0 Å². The van der Waals surface area contributed by atoms with Gasteiger partial charge in [-0.3, -0.25) is 10.1 Å². The van der Waals surface area contributed by atoms with Gasteiger partial charge in [-0.15, -0.1) is 0 Å². The lowest BCUT2D eigenvalue weighted by molar-refractivity contribution is -0.384. The van der Waals surface area contributed by atoms with Gasteiger partial charge in [-0.05, 0) is 41.2 Å². The second kappa shape index (κ2) is 8.75. The smallest absolute Gasteiger partial charge is 0.408 e. The number of nitro groups is 1. The van der Waals surface area contributed by atoms with Crippen LogP contribution in [0.3, 0.4) is 0 Å². The summed E-state index contributed by atoms with van der Waals surface area (Å²) in [4.78, 5) is 10.3. The maximum Gasteiger partial charge on any atom is 0.493 e. The van der Waals surface area contributed by atoms with Crippen LogP contribution >= 0.6 is 18.2 Å². The Balaban J connectivity index is 1.76. The van der Waals surface area contributed by atoms with Gasteiger partial charge in [0.25, 0.3) is 5.69 Å². The molecule has 0 spiro atoms. The molecule has 0 aliphatic rings. The van der Waals surface area contributed by atoms with Gasteiger partial charge in [0.05, 0.1) is 4.92 Å². The Morgan fingerprint density at radius 1 is 0.815 bits per heavy atom. The summed E-state index contributed by atoms with van der Waals surface area (Å²) in [5.41, 5.74) is 0.784. The van der Waals surface area contributed by atoms with E-state index in [-0.39, 0.29) is 5.69 Å². The number of hydrogen-bond acceptors (Lipinski definition) is 6. The summed E-state index contributed by atoms with van der Waals surface area (Å²) in [7, 11) is 0. The first-order valence-electron chi connectivity index (χ1n) is 8.01. The van der Waals surface area contributed by atoms with Crippen molar-refractivity contribution in [2.45, 2.75) is 5.75 Å². The van der Waals surface area contributed by atoms with E-state index in [0.29, 0.717) is 17.3 Å². The number of nitrogens with zero attached hydrogens (tertiary/aromatic N) is 1. The van der Waals surface area contributed by atoms with Crippen LogP contribution in [0.15, 0.2) is 84.9 Å². The molecule has 3 aromatic rings. The lowest BCUT2D eigenvalue weighted by Gasteiger charge is -2.19. The van der Waals surface area contributed by atoms with Crippen molar-refractivity contribution in [1.29, 1.82) is 0 Å². The maximum absolute atomic E-state index is 13.3. The lowest BCUT2D eigenvalue weighted by atomic mass is 10.2. The second-order valence-corrected chi connectivity index (χ2v) is 9.38. The Labute approximate surface area is 160 Å². The Kier molecular flexibility index (Phi) is 6.16. The molecule has 0 aliphatic heterocycles. The highest BCUT2D eigenvalue weighted by atomic mass is 32.7. The van der Waals surface area contributed by atoms with Crippen LogP contribution in [0.25, 0.3) is 0 Å².